The molecule has 160 valence electrons. The Kier molecular flexibility index (Phi) is 6.63. The molecule has 1 N–H and O–H groups in total. The predicted molar refractivity (Wildman–Crippen MR) is 110 cm³/mol. The van der Waals surface area contributed by atoms with Crippen molar-refractivity contribution in [3.05, 3.63) is 63.1 Å². The maximum absolute atomic E-state index is 12.8. The van der Waals surface area contributed by atoms with Crippen LogP contribution in [0.4, 0.5) is 11.4 Å². The highest BCUT2D eigenvalue weighted by Gasteiger charge is 2.25. The number of amides is 1. The molecular weight excluding hydrogens is 412 g/mol. The molecule has 1 aliphatic heterocycles. The lowest BCUT2D eigenvalue weighted by Gasteiger charge is -2.20. The van der Waals surface area contributed by atoms with Crippen LogP contribution in [-0.2, 0) is 21.4 Å². The Bertz CT molecular complexity index is 1090. The molecule has 0 saturated carbocycles. The molecule has 30 heavy (non-hydrogen) atoms. The Morgan fingerprint density at radius 3 is 2.27 bits per heavy atom. The van der Waals surface area contributed by atoms with Gasteiger partial charge in [0.1, 0.15) is 6.54 Å². The number of hydrogen-bond acceptors (Lipinski definition) is 6. The second-order valence-corrected chi connectivity index (χ2v) is 8.94. The Morgan fingerprint density at radius 1 is 1.03 bits per heavy atom. The largest absolute Gasteiger partial charge is 0.325 e. The van der Waals surface area contributed by atoms with E-state index in [2.05, 4.69) is 5.32 Å². The van der Waals surface area contributed by atoms with Crippen molar-refractivity contribution >= 4 is 27.3 Å². The molecule has 1 aliphatic rings. The number of hydrogen-bond donors (Lipinski definition) is 1. The van der Waals surface area contributed by atoms with E-state index in [1.165, 1.54) is 28.6 Å². The third-order valence-electron chi connectivity index (χ3n) is 4.83. The summed E-state index contributed by atoms with van der Waals surface area (Å²) in [7, 11) is -3.59. The number of rotatable bonds is 6. The summed E-state index contributed by atoms with van der Waals surface area (Å²) < 4.78 is 28.0. The quantitative estimate of drug-likeness (QED) is 0.546. The molecule has 11 heteroatoms. The first-order valence-electron chi connectivity index (χ1n) is 9.52. The van der Waals surface area contributed by atoms with E-state index in [9.17, 15) is 28.1 Å². The van der Waals surface area contributed by atoms with Crippen molar-refractivity contribution in [2.45, 2.75) is 37.1 Å². The van der Waals surface area contributed by atoms with Crippen molar-refractivity contribution in [2.75, 3.05) is 18.4 Å². The van der Waals surface area contributed by atoms with Gasteiger partial charge in [-0.3, -0.25) is 24.3 Å². The minimum Gasteiger partial charge on any atom is -0.325 e. The van der Waals surface area contributed by atoms with E-state index in [1.54, 1.807) is 0 Å². The lowest BCUT2D eigenvalue weighted by molar-refractivity contribution is -0.385. The van der Waals surface area contributed by atoms with Gasteiger partial charge in [-0.25, -0.2) is 8.42 Å². The SMILES string of the molecule is O=C(Cn1cc([N+](=O)[O-])ccc1=O)Nc1ccc(S(=O)(=O)N2CCCCCC2)cc1. The van der Waals surface area contributed by atoms with Crippen molar-refractivity contribution in [2.24, 2.45) is 0 Å². The van der Waals surface area contributed by atoms with E-state index in [0.29, 0.717) is 18.8 Å². The minimum absolute atomic E-state index is 0.150. The number of carbonyl (C=O) groups is 1. The molecule has 1 aromatic carbocycles. The molecule has 1 saturated heterocycles. The van der Waals surface area contributed by atoms with Crippen LogP contribution >= 0.6 is 0 Å². The number of pyridine rings is 1. The van der Waals surface area contributed by atoms with E-state index in [1.807, 2.05) is 0 Å². The maximum Gasteiger partial charge on any atom is 0.285 e. The molecule has 2 aromatic rings. The summed E-state index contributed by atoms with van der Waals surface area (Å²) in [6, 6.07) is 7.89. The van der Waals surface area contributed by atoms with Crippen molar-refractivity contribution in [1.29, 1.82) is 0 Å². The van der Waals surface area contributed by atoms with Crippen LogP contribution in [0.25, 0.3) is 0 Å². The number of aromatic nitrogens is 1. The predicted octanol–water partition coefficient (Wildman–Crippen LogP) is 1.96. The zero-order valence-corrected chi connectivity index (χ0v) is 17.0. The number of nitro groups is 1. The van der Waals surface area contributed by atoms with Crippen LogP contribution in [0.15, 0.2) is 52.3 Å². The van der Waals surface area contributed by atoms with E-state index < -0.39 is 33.0 Å². The second-order valence-electron chi connectivity index (χ2n) is 7.00. The van der Waals surface area contributed by atoms with E-state index in [4.69, 9.17) is 0 Å². The first kappa shape index (κ1) is 21.7. The number of carbonyl (C=O) groups excluding carboxylic acids is 1. The van der Waals surface area contributed by atoms with Gasteiger partial charge in [-0.1, -0.05) is 12.8 Å². The molecule has 3 rings (SSSR count). The van der Waals surface area contributed by atoms with Crippen molar-refractivity contribution < 1.29 is 18.1 Å². The molecule has 1 aromatic heterocycles. The van der Waals surface area contributed by atoms with Gasteiger partial charge in [-0.15, -0.1) is 0 Å². The van der Waals surface area contributed by atoms with Gasteiger partial charge in [-0.05, 0) is 37.1 Å². The monoisotopic (exact) mass is 434 g/mol. The molecule has 0 aliphatic carbocycles. The molecule has 0 bridgehead atoms. The van der Waals surface area contributed by atoms with Crippen LogP contribution < -0.4 is 10.9 Å². The standard InChI is InChI=1S/C19H22N4O6S/c24-18(14-21-13-16(23(26)27)7-10-19(21)25)20-15-5-8-17(9-6-15)30(28,29)22-11-3-1-2-4-12-22/h5-10,13H,1-4,11-12,14H2,(H,20,24). The van der Waals surface area contributed by atoms with Crippen molar-refractivity contribution in [3.63, 3.8) is 0 Å². The van der Waals surface area contributed by atoms with E-state index in [0.717, 1.165) is 48.6 Å². The lowest BCUT2D eigenvalue weighted by atomic mass is 10.2. The Labute approximate surface area is 173 Å². The number of nitrogens with zero attached hydrogens (tertiary/aromatic N) is 3. The van der Waals surface area contributed by atoms with Crippen LogP contribution in [0, 0.1) is 10.1 Å². The Balaban J connectivity index is 1.68. The van der Waals surface area contributed by atoms with Gasteiger partial charge in [0.15, 0.2) is 0 Å². The molecule has 1 amide bonds. The third-order valence-corrected chi connectivity index (χ3v) is 6.75. The number of nitrogens with one attached hydrogen (secondary N) is 1. The van der Waals surface area contributed by atoms with E-state index >= 15 is 0 Å². The highest BCUT2D eigenvalue weighted by molar-refractivity contribution is 7.89. The molecule has 0 spiro atoms. The first-order chi connectivity index (χ1) is 14.3. The summed E-state index contributed by atoms with van der Waals surface area (Å²) >= 11 is 0. The van der Waals surface area contributed by atoms with Gasteiger partial charge in [0.05, 0.1) is 16.0 Å². The van der Waals surface area contributed by atoms with Crippen molar-refractivity contribution in [3.8, 4) is 0 Å². The number of sulfonamides is 1. The lowest BCUT2D eigenvalue weighted by Crippen LogP contribution is -2.31. The van der Waals surface area contributed by atoms with E-state index in [-0.39, 0.29) is 10.6 Å². The highest BCUT2D eigenvalue weighted by Crippen LogP contribution is 2.21. The van der Waals surface area contributed by atoms with Gasteiger partial charge in [0.2, 0.25) is 15.9 Å². The Hall–Kier alpha value is -3.05. The maximum atomic E-state index is 12.8. The first-order valence-corrected chi connectivity index (χ1v) is 11.0. The summed E-state index contributed by atoms with van der Waals surface area (Å²) in [5.74, 6) is -0.569. The molecule has 10 nitrogen and oxygen atoms in total. The number of anilines is 1. The molecule has 0 atom stereocenters. The van der Waals surface area contributed by atoms with Gasteiger partial charge in [0.25, 0.3) is 11.2 Å². The van der Waals surface area contributed by atoms with Gasteiger partial charge in [-0.2, -0.15) is 4.31 Å². The molecular formula is C19H22N4O6S. The van der Waals surface area contributed by atoms with Crippen LogP contribution in [-0.4, -0.2) is 41.2 Å². The van der Waals surface area contributed by atoms with Gasteiger partial charge in [0, 0.05) is 30.9 Å². The summed E-state index contributed by atoms with van der Waals surface area (Å²) in [6.45, 7) is 0.589. The highest BCUT2D eigenvalue weighted by atomic mass is 32.2. The Morgan fingerprint density at radius 2 is 1.67 bits per heavy atom. The van der Waals surface area contributed by atoms with Gasteiger partial charge < -0.3 is 5.32 Å². The second kappa shape index (κ2) is 9.18. The minimum atomic E-state index is -3.59. The van der Waals surface area contributed by atoms with Crippen LogP contribution in [0.3, 0.4) is 0 Å². The van der Waals surface area contributed by atoms with Crippen LogP contribution in [0.5, 0.6) is 0 Å². The summed E-state index contributed by atoms with van der Waals surface area (Å²) in [4.78, 5) is 34.3. The van der Waals surface area contributed by atoms with Gasteiger partial charge >= 0.3 is 0 Å². The van der Waals surface area contributed by atoms with Crippen LogP contribution in [0.1, 0.15) is 25.7 Å². The third kappa shape index (κ3) is 5.10. The fourth-order valence-corrected chi connectivity index (χ4v) is 4.76. The topological polar surface area (TPSA) is 132 Å². The molecule has 1 fully saturated rings. The summed E-state index contributed by atoms with van der Waals surface area (Å²) in [5.41, 5.74) is -0.492. The van der Waals surface area contributed by atoms with Crippen LogP contribution in [0.2, 0.25) is 0 Å². The fourth-order valence-electron chi connectivity index (χ4n) is 3.25. The normalized spacial score (nSPS) is 15.3. The molecule has 2 heterocycles. The smallest absolute Gasteiger partial charge is 0.285 e. The zero-order valence-electron chi connectivity index (χ0n) is 16.2. The zero-order chi connectivity index (χ0) is 21.7. The summed E-state index contributed by atoms with van der Waals surface area (Å²) in [6.07, 6.45) is 4.71. The fraction of sp³-hybridized carbons (Fsp3) is 0.368. The average Bonchev–Trinajstić information content (AvgIpc) is 3.00. The average molecular weight is 434 g/mol. The molecule has 0 unspecified atom stereocenters. The van der Waals surface area contributed by atoms with Crippen molar-refractivity contribution in [1.82, 2.24) is 8.87 Å². The molecule has 0 radical (unpaired) electrons. The summed E-state index contributed by atoms with van der Waals surface area (Å²) in [5, 5.41) is 13.4. The number of benzene rings is 1.